The minimum Gasteiger partial charge on any atom is -0.449 e. The largest absolute Gasteiger partial charge is 0.449 e. The number of aromatic amines is 1. The fraction of sp³-hybridized carbons (Fsp3) is 0.500. The number of nitrogens with one attached hydrogen (secondary N) is 1. The van der Waals surface area contributed by atoms with E-state index in [1.54, 1.807) is 0 Å². The van der Waals surface area contributed by atoms with Gasteiger partial charge in [-0.3, -0.25) is 0 Å². The summed E-state index contributed by atoms with van der Waals surface area (Å²) < 4.78 is 13.3. The van der Waals surface area contributed by atoms with Crippen molar-refractivity contribution in [3.8, 4) is 22.4 Å². The van der Waals surface area contributed by atoms with Crippen LogP contribution >= 0.6 is 0 Å². The van der Waals surface area contributed by atoms with Gasteiger partial charge in [0.1, 0.15) is 6.23 Å². The summed E-state index contributed by atoms with van der Waals surface area (Å²) in [4.78, 5) is 20.0. The van der Waals surface area contributed by atoms with Crippen LogP contribution in [-0.2, 0) is 9.47 Å². The van der Waals surface area contributed by atoms with Gasteiger partial charge in [-0.2, -0.15) is 5.10 Å². The lowest BCUT2D eigenvalue weighted by atomic mass is 9.97. The van der Waals surface area contributed by atoms with Crippen LogP contribution in [0.15, 0.2) is 48.9 Å². The van der Waals surface area contributed by atoms with Crippen LogP contribution in [0.5, 0.6) is 0 Å². The number of piperidine rings is 1. The number of hydrogen-bond acceptors (Lipinski definition) is 7. The van der Waals surface area contributed by atoms with Crippen LogP contribution in [0.3, 0.4) is 0 Å². The summed E-state index contributed by atoms with van der Waals surface area (Å²) in [5.41, 5.74) is 5.04. The van der Waals surface area contributed by atoms with Gasteiger partial charge in [0.2, 0.25) is 0 Å². The summed E-state index contributed by atoms with van der Waals surface area (Å²) in [6.45, 7) is 6.14. The number of carbonyl (C=O) groups is 1. The third kappa shape index (κ3) is 5.72. The van der Waals surface area contributed by atoms with Crippen molar-refractivity contribution in [3.63, 3.8) is 0 Å². The molecule has 0 radical (unpaired) electrons. The van der Waals surface area contributed by atoms with Gasteiger partial charge in [-0.1, -0.05) is 19.4 Å². The summed E-state index contributed by atoms with van der Waals surface area (Å²) in [5, 5.41) is 15.0. The SMILES string of the molecule is CCCCOC(=O)N1CCC(N(C)c2ccc(-c3ccc(-c4cnn(C5CCCCO5)c4)c4cc[nH]c34)nn2)CC1C. The van der Waals surface area contributed by atoms with E-state index in [1.807, 2.05) is 34.1 Å². The van der Waals surface area contributed by atoms with Crippen LogP contribution in [-0.4, -0.2) is 74.8 Å². The Kier molecular flexibility index (Phi) is 8.41. The number of nitrogens with zero attached hydrogens (tertiary/aromatic N) is 6. The predicted octanol–water partition coefficient (Wildman–Crippen LogP) is 6.41. The Hall–Kier alpha value is -3.92. The highest BCUT2D eigenvalue weighted by atomic mass is 16.6. The lowest BCUT2D eigenvalue weighted by Crippen LogP contribution is -2.50. The zero-order valence-corrected chi connectivity index (χ0v) is 24.8. The van der Waals surface area contributed by atoms with E-state index in [0.717, 1.165) is 84.2 Å². The van der Waals surface area contributed by atoms with E-state index in [2.05, 4.69) is 70.5 Å². The molecule has 0 spiro atoms. The van der Waals surface area contributed by atoms with Gasteiger partial charge < -0.3 is 24.3 Å². The molecule has 1 N–H and O–H groups in total. The molecule has 0 saturated carbocycles. The number of rotatable bonds is 8. The molecule has 42 heavy (non-hydrogen) atoms. The zero-order valence-electron chi connectivity index (χ0n) is 24.8. The Labute approximate surface area is 247 Å². The smallest absolute Gasteiger partial charge is 0.409 e. The lowest BCUT2D eigenvalue weighted by Gasteiger charge is -2.40. The number of unbranched alkanes of at least 4 members (excludes halogenated alkanes) is 1. The van der Waals surface area contributed by atoms with E-state index in [-0.39, 0.29) is 24.4 Å². The quantitative estimate of drug-likeness (QED) is 0.244. The third-order valence-corrected chi connectivity index (χ3v) is 8.73. The van der Waals surface area contributed by atoms with Crippen molar-refractivity contribution in [2.75, 3.05) is 31.7 Å². The number of ether oxygens (including phenoxy) is 2. The number of benzene rings is 1. The maximum Gasteiger partial charge on any atom is 0.409 e. The van der Waals surface area contributed by atoms with Gasteiger partial charge in [0.25, 0.3) is 0 Å². The van der Waals surface area contributed by atoms with E-state index in [9.17, 15) is 4.79 Å². The highest BCUT2D eigenvalue weighted by Gasteiger charge is 2.32. The van der Waals surface area contributed by atoms with Crippen LogP contribution in [0.1, 0.15) is 65.0 Å². The zero-order chi connectivity index (χ0) is 29.1. The minimum absolute atomic E-state index is 0.0169. The molecular weight excluding hydrogens is 530 g/mol. The molecule has 1 aromatic carbocycles. The van der Waals surface area contributed by atoms with Crippen molar-refractivity contribution in [1.29, 1.82) is 0 Å². The molecule has 0 aliphatic carbocycles. The van der Waals surface area contributed by atoms with Crippen LogP contribution in [0.25, 0.3) is 33.3 Å². The minimum atomic E-state index is -0.199. The molecule has 6 rings (SSSR count). The lowest BCUT2D eigenvalue weighted by molar-refractivity contribution is -0.0394. The summed E-state index contributed by atoms with van der Waals surface area (Å²) >= 11 is 0. The molecule has 2 fully saturated rings. The Morgan fingerprint density at radius 1 is 1.14 bits per heavy atom. The summed E-state index contributed by atoms with van der Waals surface area (Å²) in [6.07, 6.45) is 12.7. The maximum atomic E-state index is 12.5. The van der Waals surface area contributed by atoms with Crippen LogP contribution < -0.4 is 4.90 Å². The number of fused-ring (bicyclic) bond motifs is 1. The molecule has 10 nitrogen and oxygen atoms in total. The topological polar surface area (TPSA) is 101 Å². The van der Waals surface area contributed by atoms with Gasteiger partial charge in [-0.25, -0.2) is 9.48 Å². The van der Waals surface area contributed by atoms with Crippen LogP contribution in [0.4, 0.5) is 10.6 Å². The second kappa shape index (κ2) is 12.5. The Morgan fingerprint density at radius 2 is 2.02 bits per heavy atom. The van der Waals surface area contributed by atoms with Gasteiger partial charge in [0.15, 0.2) is 5.82 Å². The van der Waals surface area contributed by atoms with Crippen molar-refractivity contribution < 1.29 is 14.3 Å². The number of aromatic nitrogens is 5. The van der Waals surface area contributed by atoms with Gasteiger partial charge in [-0.05, 0) is 75.3 Å². The number of likely N-dealkylation sites (tertiary alicyclic amines) is 1. The average Bonchev–Trinajstić information content (AvgIpc) is 3.72. The molecule has 1 amide bonds. The van der Waals surface area contributed by atoms with E-state index in [0.29, 0.717) is 13.2 Å². The van der Waals surface area contributed by atoms with Crippen molar-refractivity contribution in [3.05, 3.63) is 48.9 Å². The highest BCUT2D eigenvalue weighted by molar-refractivity contribution is 6.02. The van der Waals surface area contributed by atoms with Gasteiger partial charge in [0, 0.05) is 61.2 Å². The molecule has 4 aromatic rings. The van der Waals surface area contributed by atoms with Crippen molar-refractivity contribution in [2.24, 2.45) is 0 Å². The average molecular weight is 572 g/mol. The fourth-order valence-corrected chi connectivity index (χ4v) is 6.19. The first kappa shape index (κ1) is 28.2. The summed E-state index contributed by atoms with van der Waals surface area (Å²) in [5.74, 6) is 0.826. The highest BCUT2D eigenvalue weighted by Crippen LogP contribution is 2.35. The predicted molar refractivity (Wildman–Crippen MR) is 163 cm³/mol. The number of carbonyl (C=O) groups excluding carboxylic acids is 1. The Morgan fingerprint density at radius 3 is 2.79 bits per heavy atom. The number of anilines is 1. The van der Waals surface area contributed by atoms with Crippen LogP contribution in [0, 0.1) is 0 Å². The number of H-pyrrole nitrogens is 1. The normalized spacial score (nSPS) is 21.0. The third-order valence-electron chi connectivity index (χ3n) is 8.73. The second-order valence-corrected chi connectivity index (χ2v) is 11.5. The van der Waals surface area contributed by atoms with E-state index < -0.39 is 0 Å². The summed E-state index contributed by atoms with van der Waals surface area (Å²) in [6, 6.07) is 10.8. The molecule has 2 saturated heterocycles. The number of amides is 1. The first-order valence-electron chi connectivity index (χ1n) is 15.3. The summed E-state index contributed by atoms with van der Waals surface area (Å²) in [7, 11) is 2.06. The molecule has 0 bridgehead atoms. The van der Waals surface area contributed by atoms with Crippen LogP contribution in [0.2, 0.25) is 0 Å². The van der Waals surface area contributed by atoms with Gasteiger partial charge >= 0.3 is 6.09 Å². The molecule has 3 aromatic heterocycles. The standard InChI is InChI=1S/C32H41N7O3/c1-4-5-17-42-32(40)38-16-14-24(19-22(38)2)37(3)29-12-11-28(35-36-29)27-10-9-25(26-13-15-33-31(26)27)23-20-34-39(21-23)30-8-6-7-18-41-30/h9-13,15,20-22,24,30,33H,4-8,14,16-19H2,1-3H3. The molecule has 5 heterocycles. The Balaban J connectivity index is 1.15. The Bertz CT molecular complexity index is 1490. The van der Waals surface area contributed by atoms with Gasteiger partial charge in [0.05, 0.1) is 24.0 Å². The maximum absolute atomic E-state index is 12.5. The van der Waals surface area contributed by atoms with E-state index >= 15 is 0 Å². The van der Waals surface area contributed by atoms with Gasteiger partial charge in [-0.15, -0.1) is 10.2 Å². The molecule has 222 valence electrons. The van der Waals surface area contributed by atoms with E-state index in [1.165, 1.54) is 6.42 Å². The fourth-order valence-electron chi connectivity index (χ4n) is 6.19. The molecule has 2 aliphatic heterocycles. The first-order valence-corrected chi connectivity index (χ1v) is 15.3. The second-order valence-electron chi connectivity index (χ2n) is 11.5. The first-order chi connectivity index (χ1) is 20.5. The molecule has 10 heteroatoms. The van der Waals surface area contributed by atoms with Crippen molar-refractivity contribution in [1.82, 2.24) is 29.9 Å². The number of hydrogen-bond donors (Lipinski definition) is 1. The monoisotopic (exact) mass is 571 g/mol. The van der Waals surface area contributed by atoms with Crippen molar-refractivity contribution in [2.45, 2.75) is 77.1 Å². The molecular formula is C32H41N7O3. The van der Waals surface area contributed by atoms with Crippen molar-refractivity contribution >= 4 is 22.8 Å². The molecule has 2 aliphatic rings. The van der Waals surface area contributed by atoms with E-state index in [4.69, 9.17) is 9.47 Å². The molecule has 3 unspecified atom stereocenters. The molecule has 3 atom stereocenters.